The molecule has 1 atom stereocenters. The predicted octanol–water partition coefficient (Wildman–Crippen LogP) is 7.32. The summed E-state index contributed by atoms with van der Waals surface area (Å²) in [7, 11) is 0. The van der Waals surface area contributed by atoms with Gasteiger partial charge >= 0.3 is 0 Å². The van der Waals surface area contributed by atoms with Gasteiger partial charge in [0.05, 0.1) is 16.6 Å². The Hall–Kier alpha value is -0.130. The molecule has 0 amide bonds. The highest BCUT2D eigenvalue weighted by Gasteiger charge is 2.64. The van der Waals surface area contributed by atoms with Gasteiger partial charge in [-0.15, -0.1) is 0 Å². The molecule has 0 aliphatic carbocycles. The van der Waals surface area contributed by atoms with E-state index in [0.29, 0.717) is 22.6 Å². The Labute approximate surface area is 204 Å². The Kier molecular flexibility index (Phi) is 6.42. The van der Waals surface area contributed by atoms with Gasteiger partial charge in [-0.1, -0.05) is 69.8 Å². The van der Waals surface area contributed by atoms with Crippen molar-refractivity contribution in [3.05, 3.63) is 42.5 Å². The lowest BCUT2D eigenvalue weighted by atomic mass is 10.0. The number of hydrogen-bond donors (Lipinski definition) is 1. The standard InChI is InChI=1S/C26H35OP3S2/c1-16(2)28(17(3)4)22-13-9-11-20-15-21-12-10-14-23(29(31,18(5)6)19(7)8)25(21)26(24(20)22)30(28,27)32/h9-19H,1-8H3/p+1. The second-order valence-electron chi connectivity index (χ2n) is 10.3. The maximum absolute atomic E-state index is 12.6. The van der Waals surface area contributed by atoms with E-state index in [-0.39, 0.29) is 0 Å². The minimum absolute atomic E-state index is 0.344. The highest BCUT2D eigenvalue weighted by Crippen LogP contribution is 2.93. The van der Waals surface area contributed by atoms with Crippen LogP contribution in [0.25, 0.3) is 21.5 Å². The summed E-state index contributed by atoms with van der Waals surface area (Å²) in [6.45, 7) is 16.2. The maximum Gasteiger partial charge on any atom is 0.234 e. The molecule has 0 spiro atoms. The van der Waals surface area contributed by atoms with Crippen LogP contribution in [0, 0.1) is 0 Å². The van der Waals surface area contributed by atoms with Crippen molar-refractivity contribution in [2.75, 3.05) is 0 Å². The van der Waals surface area contributed by atoms with Crippen molar-refractivity contribution in [3.63, 3.8) is 0 Å². The molecule has 0 saturated carbocycles. The fourth-order valence-electron chi connectivity index (χ4n) is 6.29. The average Bonchev–Trinajstić information content (AvgIpc) is 2.92. The molecule has 172 valence electrons. The molecule has 0 saturated heterocycles. The second kappa shape index (κ2) is 8.22. The molecule has 1 aliphatic rings. The minimum atomic E-state index is -2.84. The van der Waals surface area contributed by atoms with Crippen LogP contribution in [0.4, 0.5) is 0 Å². The zero-order valence-electron chi connectivity index (χ0n) is 20.5. The van der Waals surface area contributed by atoms with Crippen LogP contribution in [-0.4, -0.2) is 27.5 Å². The number of fused-ring (bicyclic) bond motifs is 2. The van der Waals surface area contributed by atoms with Crippen molar-refractivity contribution in [3.8, 4) is 0 Å². The van der Waals surface area contributed by atoms with Gasteiger partial charge in [-0.2, -0.15) is 0 Å². The first-order valence-corrected chi connectivity index (χ1v) is 20.0. The van der Waals surface area contributed by atoms with Gasteiger partial charge < -0.3 is 4.89 Å². The molecule has 0 fully saturated rings. The fourth-order valence-corrected chi connectivity index (χ4v) is 27.8. The summed E-state index contributed by atoms with van der Waals surface area (Å²) in [5.74, 6) is -2.84. The van der Waals surface area contributed by atoms with Crippen LogP contribution < -0.4 is 15.9 Å². The number of rotatable bonds is 5. The fraction of sp³-hybridized carbons (Fsp3) is 0.462. The first kappa shape index (κ1) is 25.0. The Balaban J connectivity index is 2.31. The van der Waals surface area contributed by atoms with E-state index in [9.17, 15) is 4.89 Å². The third-order valence-electron chi connectivity index (χ3n) is 7.55. The first-order valence-electron chi connectivity index (χ1n) is 11.7. The van der Waals surface area contributed by atoms with Crippen LogP contribution in [0.5, 0.6) is 0 Å². The number of hydrogen-bond acceptors (Lipinski definition) is 2. The molecule has 1 heterocycles. The van der Waals surface area contributed by atoms with Crippen LogP contribution >= 0.6 is 18.9 Å². The highest BCUT2D eigenvalue weighted by molar-refractivity contribution is 8.62. The van der Waals surface area contributed by atoms with Crippen LogP contribution in [0.3, 0.4) is 0 Å². The Morgan fingerprint density at radius 1 is 0.812 bits per heavy atom. The van der Waals surface area contributed by atoms with E-state index in [1.165, 1.54) is 32.2 Å². The van der Waals surface area contributed by atoms with Gasteiger partial charge in [-0.3, -0.25) is 0 Å². The maximum atomic E-state index is 12.6. The van der Waals surface area contributed by atoms with Gasteiger partial charge in [-0.05, 0) is 85.1 Å². The third-order valence-corrected chi connectivity index (χ3v) is 30.8. The summed E-state index contributed by atoms with van der Waals surface area (Å²) in [6.07, 6.45) is 0. The van der Waals surface area contributed by atoms with E-state index >= 15 is 0 Å². The Bertz CT molecular complexity index is 1300. The zero-order valence-corrected chi connectivity index (χ0v) is 24.8. The first-order chi connectivity index (χ1) is 14.8. The largest absolute Gasteiger partial charge is 0.333 e. The van der Waals surface area contributed by atoms with Gasteiger partial charge in [0.15, 0.2) is 0 Å². The molecule has 6 heteroatoms. The molecule has 3 aromatic rings. The number of benzene rings is 3. The topological polar surface area (TPSA) is 20.2 Å². The van der Waals surface area contributed by atoms with E-state index in [2.05, 4.69) is 97.9 Å². The van der Waals surface area contributed by atoms with E-state index in [1.807, 2.05) is 0 Å². The van der Waals surface area contributed by atoms with Crippen LogP contribution in [0.15, 0.2) is 42.5 Å². The van der Waals surface area contributed by atoms with Crippen molar-refractivity contribution >= 4 is 80.0 Å². The highest BCUT2D eigenvalue weighted by atomic mass is 32.6. The van der Waals surface area contributed by atoms with Crippen molar-refractivity contribution in [2.45, 2.75) is 78.0 Å². The molecule has 1 unspecified atom stereocenters. The Morgan fingerprint density at radius 3 is 1.81 bits per heavy atom. The molecule has 3 aromatic carbocycles. The van der Waals surface area contributed by atoms with E-state index in [0.717, 1.165) is 5.30 Å². The second-order valence-corrected chi connectivity index (χ2v) is 27.8. The smallest absolute Gasteiger partial charge is 0.234 e. The average molecular weight is 522 g/mol. The molecule has 0 radical (unpaired) electrons. The van der Waals surface area contributed by atoms with Crippen LogP contribution in [0.2, 0.25) is 0 Å². The molecule has 32 heavy (non-hydrogen) atoms. The normalized spacial score (nSPS) is 20.5. The molecular weight excluding hydrogens is 485 g/mol. The van der Waals surface area contributed by atoms with Crippen molar-refractivity contribution < 1.29 is 4.89 Å². The predicted molar refractivity (Wildman–Crippen MR) is 159 cm³/mol. The SMILES string of the molecule is CC(C)P(=S)(c1cccc2cc3cccc4c3c(c12)P(O)(=S)[P+]4(C(C)C)C(C)C)C(C)C. The lowest BCUT2D eigenvalue weighted by Gasteiger charge is -2.36. The van der Waals surface area contributed by atoms with Crippen molar-refractivity contribution in [1.29, 1.82) is 0 Å². The molecule has 1 nitrogen and oxygen atoms in total. The van der Waals surface area contributed by atoms with E-state index in [4.69, 9.17) is 23.6 Å². The third kappa shape index (κ3) is 3.02. The molecule has 0 aromatic heterocycles. The molecule has 1 N–H and O–H groups in total. The van der Waals surface area contributed by atoms with Gasteiger partial charge in [0.25, 0.3) is 0 Å². The van der Waals surface area contributed by atoms with Gasteiger partial charge in [-0.25, -0.2) is 0 Å². The summed E-state index contributed by atoms with van der Waals surface area (Å²) in [5.41, 5.74) is 1.48. The van der Waals surface area contributed by atoms with E-state index in [1.54, 1.807) is 0 Å². The summed E-state index contributed by atoms with van der Waals surface area (Å²) in [4.78, 5) is 12.6. The van der Waals surface area contributed by atoms with Crippen LogP contribution in [0.1, 0.15) is 55.4 Å². The summed E-state index contributed by atoms with van der Waals surface area (Å²) >= 11 is 13.0. The lowest BCUT2D eigenvalue weighted by molar-refractivity contribution is 0.646. The van der Waals surface area contributed by atoms with Gasteiger partial charge in [0, 0.05) is 10.8 Å². The van der Waals surface area contributed by atoms with Crippen LogP contribution in [-0.2, 0) is 23.6 Å². The zero-order chi connectivity index (χ0) is 23.8. The summed E-state index contributed by atoms with van der Waals surface area (Å²) < 4.78 is 0. The summed E-state index contributed by atoms with van der Waals surface area (Å²) in [6, 6.07) is 13.7. The van der Waals surface area contributed by atoms with Gasteiger partial charge in [0.2, 0.25) is 5.95 Å². The van der Waals surface area contributed by atoms with Gasteiger partial charge in [0.1, 0.15) is 12.3 Å². The summed E-state index contributed by atoms with van der Waals surface area (Å²) in [5, 5.41) is 8.61. The lowest BCUT2D eigenvalue weighted by Crippen LogP contribution is -2.24. The molecule has 1 aliphatic heterocycles. The quantitative estimate of drug-likeness (QED) is 0.281. The van der Waals surface area contributed by atoms with E-state index < -0.39 is 18.9 Å². The monoisotopic (exact) mass is 521 g/mol. The minimum Gasteiger partial charge on any atom is -0.333 e. The van der Waals surface area contributed by atoms with Crippen molar-refractivity contribution in [2.24, 2.45) is 0 Å². The molecule has 0 bridgehead atoms. The Morgan fingerprint density at radius 2 is 1.31 bits per heavy atom. The van der Waals surface area contributed by atoms with Crippen molar-refractivity contribution in [1.82, 2.24) is 0 Å². The molecular formula is C26H36OP3S2+. The molecule has 4 rings (SSSR count).